The third kappa shape index (κ3) is 3.45. The normalized spacial score (nSPS) is 27.0. The molecular weight excluding hydrogens is 435 g/mol. The van der Waals surface area contributed by atoms with Gasteiger partial charge in [-0.25, -0.2) is 9.29 Å². The summed E-state index contributed by atoms with van der Waals surface area (Å²) in [5.41, 5.74) is -0.481. The minimum Gasteiger partial charge on any atom is -0.508 e. The van der Waals surface area contributed by atoms with Crippen molar-refractivity contribution in [3.8, 4) is 5.75 Å². The molecule has 4 rings (SSSR count). The lowest BCUT2D eigenvalue weighted by molar-refractivity contribution is -0.152. The van der Waals surface area contributed by atoms with Gasteiger partial charge in [-0.2, -0.15) is 11.8 Å². The molecule has 2 N–H and O–H groups in total. The van der Waals surface area contributed by atoms with Crippen molar-refractivity contribution < 1.29 is 28.6 Å². The highest BCUT2D eigenvalue weighted by Gasteiger charge is 2.68. The second-order valence-corrected chi connectivity index (χ2v) is 8.90. The van der Waals surface area contributed by atoms with E-state index in [1.165, 1.54) is 55.3 Å². The molecule has 0 spiro atoms. The number of esters is 1. The molecule has 2 aliphatic heterocycles. The summed E-state index contributed by atoms with van der Waals surface area (Å²) in [5.74, 6) is -3.31. The van der Waals surface area contributed by atoms with Crippen molar-refractivity contribution in [3.05, 3.63) is 59.9 Å². The quantitative estimate of drug-likeness (QED) is 0.508. The average Bonchev–Trinajstić information content (AvgIpc) is 3.27. The number of phenolic OH excluding ortho intramolecular Hbond substituents is 1. The van der Waals surface area contributed by atoms with Crippen molar-refractivity contribution in [2.75, 3.05) is 24.0 Å². The zero-order valence-corrected chi connectivity index (χ0v) is 18.4. The number of fused-ring (bicyclic) bond motifs is 1. The number of rotatable bonds is 6. The van der Waals surface area contributed by atoms with Crippen LogP contribution in [-0.4, -0.2) is 47.5 Å². The van der Waals surface area contributed by atoms with Gasteiger partial charge in [-0.15, -0.1) is 0 Å². The van der Waals surface area contributed by atoms with Gasteiger partial charge in [0.15, 0.2) is 0 Å². The van der Waals surface area contributed by atoms with Crippen LogP contribution in [0, 0.1) is 17.7 Å². The average molecular weight is 459 g/mol. The maximum atomic E-state index is 13.6. The number of carbonyl (C=O) groups excluding carboxylic acids is 3. The molecule has 9 heteroatoms. The Morgan fingerprint density at radius 2 is 1.81 bits per heavy atom. The van der Waals surface area contributed by atoms with E-state index in [0.29, 0.717) is 11.3 Å². The molecule has 2 saturated heterocycles. The predicted molar refractivity (Wildman–Crippen MR) is 118 cm³/mol. The number of methoxy groups -OCH3 is 1. The molecule has 2 fully saturated rings. The molecule has 4 atom stereocenters. The number of hydrogen-bond acceptors (Lipinski definition) is 7. The number of ether oxygens (including phenoxy) is 1. The van der Waals surface area contributed by atoms with E-state index in [9.17, 15) is 23.9 Å². The summed E-state index contributed by atoms with van der Waals surface area (Å²) in [4.78, 5) is 41.3. The molecule has 0 unspecified atom stereocenters. The molecule has 32 heavy (non-hydrogen) atoms. The lowest BCUT2D eigenvalue weighted by Crippen LogP contribution is -2.56. The number of nitrogens with one attached hydrogen (secondary N) is 1. The van der Waals surface area contributed by atoms with Crippen LogP contribution in [0.5, 0.6) is 5.75 Å². The van der Waals surface area contributed by atoms with Crippen LogP contribution in [0.25, 0.3) is 0 Å². The molecule has 0 aromatic heterocycles. The molecular formula is C23H23FN2O5S. The summed E-state index contributed by atoms with van der Waals surface area (Å²) in [5, 5.41) is 13.0. The summed E-state index contributed by atoms with van der Waals surface area (Å²) in [7, 11) is 1.26. The van der Waals surface area contributed by atoms with E-state index in [-0.39, 0.29) is 17.9 Å². The van der Waals surface area contributed by atoms with Gasteiger partial charge in [0.1, 0.15) is 17.1 Å². The molecule has 0 radical (unpaired) electrons. The fourth-order valence-corrected chi connectivity index (χ4v) is 5.31. The maximum Gasteiger partial charge on any atom is 0.326 e. The topological polar surface area (TPSA) is 95.9 Å². The van der Waals surface area contributed by atoms with Crippen LogP contribution in [0.15, 0.2) is 48.5 Å². The number of amides is 2. The van der Waals surface area contributed by atoms with E-state index in [1.54, 1.807) is 12.1 Å². The largest absolute Gasteiger partial charge is 0.508 e. The van der Waals surface area contributed by atoms with Crippen molar-refractivity contribution in [1.29, 1.82) is 0 Å². The van der Waals surface area contributed by atoms with Gasteiger partial charge < -0.3 is 9.84 Å². The Bertz CT molecular complexity index is 1050. The van der Waals surface area contributed by atoms with Crippen LogP contribution in [-0.2, 0) is 19.1 Å². The summed E-state index contributed by atoms with van der Waals surface area (Å²) in [6.45, 7) is 0. The first kappa shape index (κ1) is 22.3. The van der Waals surface area contributed by atoms with Gasteiger partial charge in [0, 0.05) is 6.04 Å². The van der Waals surface area contributed by atoms with Crippen LogP contribution in [0.4, 0.5) is 10.1 Å². The number of benzene rings is 2. The van der Waals surface area contributed by atoms with E-state index in [2.05, 4.69) is 5.32 Å². The van der Waals surface area contributed by atoms with Gasteiger partial charge in [0.2, 0.25) is 11.8 Å². The molecule has 2 amide bonds. The minimum absolute atomic E-state index is 0.0617. The molecule has 2 heterocycles. The second kappa shape index (κ2) is 8.55. The highest BCUT2D eigenvalue weighted by atomic mass is 32.2. The number of anilines is 1. The van der Waals surface area contributed by atoms with Gasteiger partial charge in [-0.3, -0.25) is 19.7 Å². The minimum atomic E-state index is -1.40. The van der Waals surface area contributed by atoms with Crippen molar-refractivity contribution in [2.24, 2.45) is 11.8 Å². The summed E-state index contributed by atoms with van der Waals surface area (Å²) >= 11 is 1.52. The summed E-state index contributed by atoms with van der Waals surface area (Å²) in [6, 6.07) is 10.8. The smallest absolute Gasteiger partial charge is 0.326 e. The third-order valence-electron chi connectivity index (χ3n) is 6.24. The van der Waals surface area contributed by atoms with Gasteiger partial charge in [-0.1, -0.05) is 12.1 Å². The van der Waals surface area contributed by atoms with Crippen molar-refractivity contribution >= 4 is 35.2 Å². The van der Waals surface area contributed by atoms with Crippen LogP contribution in [0.1, 0.15) is 18.0 Å². The number of halogens is 1. The molecule has 0 aliphatic carbocycles. The van der Waals surface area contributed by atoms with E-state index < -0.39 is 47.0 Å². The molecule has 168 valence electrons. The number of nitrogens with zero attached hydrogens (tertiary/aromatic N) is 1. The third-order valence-corrected chi connectivity index (χ3v) is 6.85. The Labute approximate surface area is 188 Å². The van der Waals surface area contributed by atoms with Gasteiger partial charge in [0.25, 0.3) is 0 Å². The Hall–Kier alpha value is -2.91. The molecule has 0 saturated carbocycles. The number of phenols is 1. The number of hydrogen-bond donors (Lipinski definition) is 2. The van der Waals surface area contributed by atoms with Crippen LogP contribution in [0.3, 0.4) is 0 Å². The zero-order chi connectivity index (χ0) is 23.0. The standard InChI is InChI=1S/C23H23FN2O5S/c1-31-22(30)23(11-12-32-2)18-17(19(25-23)13-3-9-16(27)10-4-13)20(28)26(21(18)29)15-7-5-14(24)6-8-15/h3-10,17-19,25,27H,11-12H2,1-2H3/t17-,18+,19-,23-/m1/s1. The molecule has 2 aromatic carbocycles. The van der Waals surface area contributed by atoms with E-state index in [1.807, 2.05) is 6.26 Å². The first-order valence-corrected chi connectivity index (χ1v) is 11.5. The fraction of sp³-hybridized carbons (Fsp3) is 0.348. The summed E-state index contributed by atoms with van der Waals surface area (Å²) in [6.07, 6.45) is 2.17. The predicted octanol–water partition coefficient (Wildman–Crippen LogP) is 2.65. The SMILES string of the molecule is COC(=O)[C@]1(CCSC)N[C@H](c2ccc(O)cc2)[C@@H]2C(=O)N(c3ccc(F)cc3)C(=O)[C@H]21. The van der Waals surface area contributed by atoms with Crippen LogP contribution in [0.2, 0.25) is 0 Å². The number of thioether (sulfide) groups is 1. The summed E-state index contributed by atoms with van der Waals surface area (Å²) < 4.78 is 18.6. The highest BCUT2D eigenvalue weighted by molar-refractivity contribution is 7.98. The van der Waals surface area contributed by atoms with E-state index in [0.717, 1.165) is 4.90 Å². The van der Waals surface area contributed by atoms with Crippen LogP contribution < -0.4 is 10.2 Å². The van der Waals surface area contributed by atoms with Crippen molar-refractivity contribution in [1.82, 2.24) is 5.32 Å². The van der Waals surface area contributed by atoms with Gasteiger partial charge >= 0.3 is 5.97 Å². The Morgan fingerprint density at radius 1 is 1.16 bits per heavy atom. The first-order chi connectivity index (χ1) is 15.3. The lowest BCUT2D eigenvalue weighted by atomic mass is 9.78. The van der Waals surface area contributed by atoms with E-state index in [4.69, 9.17) is 4.74 Å². The number of aromatic hydroxyl groups is 1. The Balaban J connectivity index is 1.85. The molecule has 2 aliphatic rings. The van der Waals surface area contributed by atoms with Crippen molar-refractivity contribution in [2.45, 2.75) is 18.0 Å². The van der Waals surface area contributed by atoms with Gasteiger partial charge in [0.05, 0.1) is 24.6 Å². The Morgan fingerprint density at radius 3 is 2.41 bits per heavy atom. The van der Waals surface area contributed by atoms with Crippen molar-refractivity contribution in [3.63, 3.8) is 0 Å². The molecule has 0 bridgehead atoms. The number of imide groups is 1. The highest BCUT2D eigenvalue weighted by Crippen LogP contribution is 2.51. The van der Waals surface area contributed by atoms with E-state index >= 15 is 0 Å². The number of carbonyl (C=O) groups is 3. The first-order valence-electron chi connectivity index (χ1n) is 10.1. The second-order valence-electron chi connectivity index (χ2n) is 7.91. The fourth-order valence-electron chi connectivity index (χ4n) is 4.78. The van der Waals surface area contributed by atoms with Gasteiger partial charge in [-0.05, 0) is 60.4 Å². The monoisotopic (exact) mass is 458 g/mol. The van der Waals surface area contributed by atoms with Crippen LogP contribution >= 0.6 is 11.8 Å². The molecule has 2 aromatic rings. The molecule has 7 nitrogen and oxygen atoms in total. The zero-order valence-electron chi connectivity index (χ0n) is 17.6. The lowest BCUT2D eigenvalue weighted by Gasteiger charge is -2.32. The Kier molecular flexibility index (Phi) is 5.96. The maximum absolute atomic E-state index is 13.6.